The summed E-state index contributed by atoms with van der Waals surface area (Å²) in [5, 5.41) is 0.781. The lowest BCUT2D eigenvalue weighted by Gasteiger charge is -2.01. The molecule has 0 aliphatic heterocycles. The first-order chi connectivity index (χ1) is 6.20. The average Bonchev–Trinajstić information content (AvgIpc) is 2.12. The van der Waals surface area contributed by atoms with Crippen LogP contribution in [0.5, 0.6) is 0 Å². The fourth-order valence-corrected chi connectivity index (χ4v) is 1.88. The highest BCUT2D eigenvalue weighted by atomic mass is 79.9. The summed E-state index contributed by atoms with van der Waals surface area (Å²) >= 11 is 6.44. The molecule has 13 heavy (non-hydrogen) atoms. The minimum atomic E-state index is -0.321. The standard InChI is InChI=1S/C9H4Br2FN/c10-6-3-4-13-9-5(6)1-2-7(11)8(9)12/h1-4H. The molecule has 66 valence electrons. The van der Waals surface area contributed by atoms with E-state index in [0.717, 1.165) is 9.86 Å². The van der Waals surface area contributed by atoms with Crippen LogP contribution in [-0.2, 0) is 0 Å². The maximum Gasteiger partial charge on any atom is 0.163 e. The Morgan fingerprint density at radius 3 is 2.62 bits per heavy atom. The first-order valence-electron chi connectivity index (χ1n) is 3.58. The Labute approximate surface area is 91.2 Å². The van der Waals surface area contributed by atoms with E-state index in [0.29, 0.717) is 9.99 Å². The number of benzene rings is 1. The minimum Gasteiger partial charge on any atom is -0.253 e. The zero-order valence-corrected chi connectivity index (χ0v) is 9.56. The van der Waals surface area contributed by atoms with E-state index in [-0.39, 0.29) is 5.82 Å². The molecule has 0 fully saturated rings. The summed E-state index contributed by atoms with van der Waals surface area (Å²) < 4.78 is 14.7. The van der Waals surface area contributed by atoms with Gasteiger partial charge in [-0.25, -0.2) is 4.39 Å². The number of hydrogen-bond donors (Lipinski definition) is 0. The van der Waals surface area contributed by atoms with Crippen molar-refractivity contribution in [1.29, 1.82) is 0 Å². The normalized spacial score (nSPS) is 10.7. The van der Waals surface area contributed by atoms with Gasteiger partial charge < -0.3 is 0 Å². The van der Waals surface area contributed by atoms with Crippen molar-refractivity contribution >= 4 is 42.8 Å². The van der Waals surface area contributed by atoms with Gasteiger partial charge in [0.25, 0.3) is 0 Å². The van der Waals surface area contributed by atoms with Gasteiger partial charge in [-0.2, -0.15) is 0 Å². The van der Waals surface area contributed by atoms with Crippen LogP contribution in [0.15, 0.2) is 33.3 Å². The van der Waals surface area contributed by atoms with Crippen LogP contribution < -0.4 is 0 Å². The van der Waals surface area contributed by atoms with Crippen LogP contribution in [0.3, 0.4) is 0 Å². The molecule has 0 aliphatic carbocycles. The molecule has 0 bridgehead atoms. The molecular formula is C9H4Br2FN. The third kappa shape index (κ3) is 1.48. The summed E-state index contributed by atoms with van der Waals surface area (Å²) in [6.45, 7) is 0. The molecule has 0 unspecified atom stereocenters. The highest BCUT2D eigenvalue weighted by Gasteiger charge is 2.07. The van der Waals surface area contributed by atoms with Crippen LogP contribution in [0.1, 0.15) is 0 Å². The molecule has 4 heteroatoms. The molecule has 0 saturated heterocycles. The second-order valence-electron chi connectivity index (χ2n) is 2.55. The van der Waals surface area contributed by atoms with Crippen molar-refractivity contribution in [1.82, 2.24) is 4.98 Å². The van der Waals surface area contributed by atoms with E-state index in [9.17, 15) is 4.39 Å². The predicted molar refractivity (Wildman–Crippen MR) is 57.1 cm³/mol. The SMILES string of the molecule is Fc1c(Br)ccc2c(Br)ccnc12. The minimum absolute atomic E-state index is 0.321. The first kappa shape index (κ1) is 9.09. The van der Waals surface area contributed by atoms with Crippen LogP contribution >= 0.6 is 31.9 Å². The lowest BCUT2D eigenvalue weighted by Crippen LogP contribution is -1.85. The van der Waals surface area contributed by atoms with Gasteiger partial charge in [-0.3, -0.25) is 4.98 Å². The zero-order chi connectivity index (χ0) is 9.42. The predicted octanol–water partition coefficient (Wildman–Crippen LogP) is 3.90. The molecular weight excluding hydrogens is 301 g/mol. The Hall–Kier alpha value is -0.480. The maximum absolute atomic E-state index is 13.4. The van der Waals surface area contributed by atoms with Gasteiger partial charge in [0.15, 0.2) is 5.82 Å². The van der Waals surface area contributed by atoms with Gasteiger partial charge in [-0.05, 0) is 28.1 Å². The van der Waals surface area contributed by atoms with Crippen LogP contribution in [0.4, 0.5) is 4.39 Å². The Balaban J connectivity index is 2.94. The number of hydrogen-bond acceptors (Lipinski definition) is 1. The molecule has 2 rings (SSSR count). The van der Waals surface area contributed by atoms with Gasteiger partial charge in [0.2, 0.25) is 0 Å². The van der Waals surface area contributed by atoms with Crippen molar-refractivity contribution in [2.75, 3.05) is 0 Å². The van der Waals surface area contributed by atoms with Gasteiger partial charge in [-0.1, -0.05) is 22.0 Å². The fourth-order valence-electron chi connectivity index (χ4n) is 1.13. The average molecular weight is 305 g/mol. The highest BCUT2D eigenvalue weighted by molar-refractivity contribution is 9.11. The van der Waals surface area contributed by atoms with Crippen molar-refractivity contribution in [3.8, 4) is 0 Å². The number of halogens is 3. The summed E-state index contributed by atoms with van der Waals surface area (Å²) in [6.07, 6.45) is 1.57. The summed E-state index contributed by atoms with van der Waals surface area (Å²) in [5.74, 6) is -0.321. The molecule has 0 spiro atoms. The van der Waals surface area contributed by atoms with Crippen molar-refractivity contribution < 1.29 is 4.39 Å². The van der Waals surface area contributed by atoms with Gasteiger partial charge in [0.05, 0.1) is 4.47 Å². The molecule has 0 aliphatic rings. The lowest BCUT2D eigenvalue weighted by atomic mass is 10.2. The van der Waals surface area contributed by atoms with Gasteiger partial charge >= 0.3 is 0 Å². The zero-order valence-electron chi connectivity index (χ0n) is 6.39. The van der Waals surface area contributed by atoms with E-state index in [2.05, 4.69) is 36.8 Å². The highest BCUT2D eigenvalue weighted by Crippen LogP contribution is 2.27. The number of pyridine rings is 1. The van der Waals surface area contributed by atoms with Gasteiger partial charge in [0, 0.05) is 16.1 Å². The number of nitrogens with zero attached hydrogens (tertiary/aromatic N) is 1. The van der Waals surface area contributed by atoms with Crippen LogP contribution in [0.25, 0.3) is 10.9 Å². The molecule has 1 aromatic heterocycles. The second-order valence-corrected chi connectivity index (χ2v) is 4.26. The third-order valence-corrected chi connectivity index (χ3v) is 3.05. The van der Waals surface area contributed by atoms with Crippen molar-refractivity contribution in [3.05, 3.63) is 39.2 Å². The number of aromatic nitrogens is 1. The number of fused-ring (bicyclic) bond motifs is 1. The molecule has 1 heterocycles. The van der Waals surface area contributed by atoms with E-state index in [1.54, 1.807) is 18.3 Å². The van der Waals surface area contributed by atoms with E-state index < -0.39 is 0 Å². The molecule has 0 atom stereocenters. The van der Waals surface area contributed by atoms with E-state index in [4.69, 9.17) is 0 Å². The van der Waals surface area contributed by atoms with Gasteiger partial charge in [-0.15, -0.1) is 0 Å². The molecule has 0 radical (unpaired) electrons. The molecule has 1 nitrogen and oxygen atoms in total. The molecule has 2 aromatic rings. The fraction of sp³-hybridized carbons (Fsp3) is 0. The smallest absolute Gasteiger partial charge is 0.163 e. The summed E-state index contributed by atoms with van der Waals surface area (Å²) in [5.41, 5.74) is 0.378. The monoisotopic (exact) mass is 303 g/mol. The van der Waals surface area contributed by atoms with Crippen molar-refractivity contribution in [2.24, 2.45) is 0 Å². The van der Waals surface area contributed by atoms with Crippen molar-refractivity contribution in [3.63, 3.8) is 0 Å². The topological polar surface area (TPSA) is 12.9 Å². The van der Waals surface area contributed by atoms with E-state index in [1.165, 1.54) is 0 Å². The molecule has 0 amide bonds. The van der Waals surface area contributed by atoms with E-state index >= 15 is 0 Å². The van der Waals surface area contributed by atoms with Crippen LogP contribution in [0.2, 0.25) is 0 Å². The number of rotatable bonds is 0. The Bertz CT molecular complexity index is 470. The molecule has 0 saturated carbocycles. The van der Waals surface area contributed by atoms with E-state index in [1.807, 2.05) is 6.07 Å². The van der Waals surface area contributed by atoms with Crippen molar-refractivity contribution in [2.45, 2.75) is 0 Å². The third-order valence-electron chi connectivity index (χ3n) is 1.75. The molecule has 0 N–H and O–H groups in total. The Kier molecular flexibility index (Phi) is 2.34. The second kappa shape index (κ2) is 3.35. The Morgan fingerprint density at radius 1 is 1.08 bits per heavy atom. The molecule has 1 aromatic carbocycles. The van der Waals surface area contributed by atoms with Gasteiger partial charge in [0.1, 0.15) is 5.52 Å². The first-order valence-corrected chi connectivity index (χ1v) is 5.17. The lowest BCUT2D eigenvalue weighted by molar-refractivity contribution is 0.630. The quantitative estimate of drug-likeness (QED) is 0.719. The maximum atomic E-state index is 13.4. The van der Waals surface area contributed by atoms with Crippen LogP contribution in [0, 0.1) is 5.82 Å². The largest absolute Gasteiger partial charge is 0.253 e. The summed E-state index contributed by atoms with van der Waals surface area (Å²) in [7, 11) is 0. The Morgan fingerprint density at radius 2 is 1.85 bits per heavy atom. The summed E-state index contributed by atoms with van der Waals surface area (Å²) in [4.78, 5) is 3.97. The summed E-state index contributed by atoms with van der Waals surface area (Å²) in [6, 6.07) is 5.28. The van der Waals surface area contributed by atoms with Crippen LogP contribution in [-0.4, -0.2) is 4.98 Å².